The molecule has 0 radical (unpaired) electrons. The van der Waals surface area contributed by atoms with Crippen molar-refractivity contribution in [2.45, 2.75) is 32.7 Å². The second-order valence-electron chi connectivity index (χ2n) is 6.16. The number of hydrogen-bond donors (Lipinski definition) is 2. The zero-order valence-corrected chi connectivity index (χ0v) is 11.8. The van der Waals surface area contributed by atoms with E-state index in [4.69, 9.17) is 0 Å². The van der Waals surface area contributed by atoms with Crippen LogP contribution in [0, 0.1) is 0 Å². The number of amides is 1. The van der Waals surface area contributed by atoms with Crippen LogP contribution in [0.3, 0.4) is 0 Å². The Kier molecular flexibility index (Phi) is 2.78. The van der Waals surface area contributed by atoms with Crippen LogP contribution >= 0.6 is 0 Å². The summed E-state index contributed by atoms with van der Waals surface area (Å²) in [4.78, 5) is 13.9. The second kappa shape index (κ2) is 4.23. The minimum atomic E-state index is -0.00260. The minimum Gasteiger partial charge on any atom is -0.369 e. The summed E-state index contributed by atoms with van der Waals surface area (Å²) in [6.07, 6.45) is 0. The van der Waals surface area contributed by atoms with Gasteiger partial charge in [-0.2, -0.15) is 0 Å². The first-order valence-electron chi connectivity index (χ1n) is 6.89. The van der Waals surface area contributed by atoms with E-state index in [9.17, 15) is 4.79 Å². The fourth-order valence-corrected chi connectivity index (χ4v) is 3.38. The van der Waals surface area contributed by atoms with Gasteiger partial charge in [0.2, 0.25) is 5.91 Å². The van der Waals surface area contributed by atoms with Gasteiger partial charge in [-0.3, -0.25) is 4.79 Å². The number of carbonyl (C=O) groups is 1. The van der Waals surface area contributed by atoms with Gasteiger partial charge in [-0.05, 0) is 11.6 Å². The van der Waals surface area contributed by atoms with Crippen molar-refractivity contribution in [2.75, 3.05) is 29.9 Å². The summed E-state index contributed by atoms with van der Waals surface area (Å²) in [7, 11) is 0. The van der Waals surface area contributed by atoms with Gasteiger partial charge in [0.1, 0.15) is 0 Å². The van der Waals surface area contributed by atoms with Gasteiger partial charge in [0.05, 0.1) is 0 Å². The molecule has 0 aromatic heterocycles. The molecule has 0 aliphatic carbocycles. The quantitative estimate of drug-likeness (QED) is 0.809. The monoisotopic (exact) mass is 259 g/mol. The van der Waals surface area contributed by atoms with Gasteiger partial charge in [0.25, 0.3) is 0 Å². The summed E-state index contributed by atoms with van der Waals surface area (Å²) in [5.74, 6) is -0.00260. The Balaban J connectivity index is 2.18. The van der Waals surface area contributed by atoms with Crippen LogP contribution < -0.4 is 15.5 Å². The van der Waals surface area contributed by atoms with Crippen LogP contribution in [-0.2, 0) is 16.8 Å². The predicted molar refractivity (Wildman–Crippen MR) is 77.7 cm³/mol. The lowest BCUT2D eigenvalue weighted by Gasteiger charge is -2.22. The summed E-state index contributed by atoms with van der Waals surface area (Å²) >= 11 is 0. The maximum atomic E-state index is 11.4. The van der Waals surface area contributed by atoms with Crippen molar-refractivity contribution in [1.82, 2.24) is 5.32 Å². The smallest absolute Gasteiger partial charge is 0.221 e. The molecule has 0 fully saturated rings. The molecule has 0 spiro atoms. The van der Waals surface area contributed by atoms with Crippen molar-refractivity contribution in [2.24, 2.45) is 0 Å². The van der Waals surface area contributed by atoms with Gasteiger partial charge in [-0.25, -0.2) is 0 Å². The first-order chi connectivity index (χ1) is 8.99. The lowest BCUT2D eigenvalue weighted by Crippen LogP contribution is -2.32. The molecule has 1 amide bonds. The Morgan fingerprint density at radius 1 is 1.42 bits per heavy atom. The Labute approximate surface area is 114 Å². The van der Waals surface area contributed by atoms with E-state index in [1.807, 2.05) is 6.07 Å². The SMILES string of the molecule is CC(=O)Nc1ccc2c3c1C(C)(C)CN3CCNC2. The number of rotatable bonds is 1. The molecule has 0 bridgehead atoms. The van der Waals surface area contributed by atoms with E-state index in [1.165, 1.54) is 16.8 Å². The lowest BCUT2D eigenvalue weighted by atomic mass is 9.84. The summed E-state index contributed by atoms with van der Waals surface area (Å²) in [5, 5.41) is 6.44. The fraction of sp³-hybridized carbons (Fsp3) is 0.533. The number of hydrogen-bond acceptors (Lipinski definition) is 3. The van der Waals surface area contributed by atoms with Crippen molar-refractivity contribution < 1.29 is 4.79 Å². The number of benzene rings is 1. The molecule has 0 saturated carbocycles. The molecule has 1 aromatic rings. The molecule has 1 aromatic carbocycles. The summed E-state index contributed by atoms with van der Waals surface area (Å²) in [5.41, 5.74) is 5.03. The Morgan fingerprint density at radius 2 is 2.21 bits per heavy atom. The standard InChI is InChI=1S/C15H21N3O/c1-10(19)17-12-5-4-11-8-16-6-7-18-9-15(2,3)13(12)14(11)18/h4-5,16H,6-9H2,1-3H3,(H,17,19). The normalized spacial score (nSPS) is 19.8. The molecule has 2 N–H and O–H groups in total. The van der Waals surface area contributed by atoms with Crippen LogP contribution in [0.15, 0.2) is 12.1 Å². The molecule has 0 saturated heterocycles. The minimum absolute atomic E-state index is 0.00260. The fourth-order valence-electron chi connectivity index (χ4n) is 3.38. The molecular formula is C15H21N3O. The highest BCUT2D eigenvalue weighted by atomic mass is 16.1. The van der Waals surface area contributed by atoms with Gasteiger partial charge in [0.15, 0.2) is 0 Å². The molecule has 4 heteroatoms. The van der Waals surface area contributed by atoms with E-state index in [0.29, 0.717) is 0 Å². The zero-order chi connectivity index (χ0) is 13.6. The Hall–Kier alpha value is -1.55. The topological polar surface area (TPSA) is 44.4 Å². The van der Waals surface area contributed by atoms with Gasteiger partial charge in [0, 0.05) is 55.5 Å². The summed E-state index contributed by atoms with van der Waals surface area (Å²) in [6, 6.07) is 4.19. The van der Waals surface area contributed by atoms with Crippen molar-refractivity contribution in [3.63, 3.8) is 0 Å². The van der Waals surface area contributed by atoms with Gasteiger partial charge < -0.3 is 15.5 Å². The predicted octanol–water partition coefficient (Wildman–Crippen LogP) is 1.85. The maximum absolute atomic E-state index is 11.4. The molecule has 2 aliphatic heterocycles. The average molecular weight is 259 g/mol. The Bertz CT molecular complexity index is 536. The molecule has 2 heterocycles. The van der Waals surface area contributed by atoms with E-state index in [0.717, 1.165) is 31.9 Å². The van der Waals surface area contributed by atoms with Crippen LogP contribution in [0.1, 0.15) is 31.9 Å². The first kappa shape index (κ1) is 12.5. The highest BCUT2D eigenvalue weighted by molar-refractivity contribution is 5.92. The van der Waals surface area contributed by atoms with Crippen molar-refractivity contribution in [3.8, 4) is 0 Å². The van der Waals surface area contributed by atoms with Crippen LogP contribution in [0.4, 0.5) is 11.4 Å². The third kappa shape index (κ3) is 2.00. The number of nitrogens with zero attached hydrogens (tertiary/aromatic N) is 1. The molecule has 3 rings (SSSR count). The molecule has 0 unspecified atom stereocenters. The number of nitrogens with one attached hydrogen (secondary N) is 2. The third-order valence-corrected chi connectivity index (χ3v) is 4.03. The number of anilines is 2. The molecular weight excluding hydrogens is 238 g/mol. The van der Waals surface area contributed by atoms with Gasteiger partial charge >= 0.3 is 0 Å². The highest BCUT2D eigenvalue weighted by Gasteiger charge is 2.39. The Morgan fingerprint density at radius 3 is 2.95 bits per heavy atom. The van der Waals surface area contributed by atoms with E-state index < -0.39 is 0 Å². The molecule has 102 valence electrons. The van der Waals surface area contributed by atoms with Gasteiger partial charge in [-0.1, -0.05) is 19.9 Å². The average Bonchev–Trinajstić information content (AvgIpc) is 2.47. The van der Waals surface area contributed by atoms with E-state index in [2.05, 4.69) is 35.4 Å². The van der Waals surface area contributed by atoms with Crippen molar-refractivity contribution >= 4 is 17.3 Å². The second-order valence-corrected chi connectivity index (χ2v) is 6.16. The van der Waals surface area contributed by atoms with E-state index in [-0.39, 0.29) is 11.3 Å². The lowest BCUT2D eigenvalue weighted by molar-refractivity contribution is -0.114. The molecule has 4 nitrogen and oxygen atoms in total. The molecule has 19 heavy (non-hydrogen) atoms. The summed E-state index contributed by atoms with van der Waals surface area (Å²) in [6.45, 7) is 10.1. The first-order valence-corrected chi connectivity index (χ1v) is 6.89. The van der Waals surface area contributed by atoms with Crippen molar-refractivity contribution in [3.05, 3.63) is 23.3 Å². The van der Waals surface area contributed by atoms with Crippen LogP contribution in [0.2, 0.25) is 0 Å². The largest absolute Gasteiger partial charge is 0.369 e. The van der Waals surface area contributed by atoms with Gasteiger partial charge in [-0.15, -0.1) is 0 Å². The molecule has 0 atom stereocenters. The van der Waals surface area contributed by atoms with E-state index >= 15 is 0 Å². The zero-order valence-electron chi connectivity index (χ0n) is 11.8. The summed E-state index contributed by atoms with van der Waals surface area (Å²) < 4.78 is 0. The molecule has 2 aliphatic rings. The maximum Gasteiger partial charge on any atom is 0.221 e. The number of carbonyl (C=O) groups excluding carboxylic acids is 1. The highest BCUT2D eigenvalue weighted by Crippen LogP contribution is 2.47. The van der Waals surface area contributed by atoms with Crippen LogP contribution in [-0.4, -0.2) is 25.5 Å². The van der Waals surface area contributed by atoms with Crippen LogP contribution in [0.5, 0.6) is 0 Å². The van der Waals surface area contributed by atoms with E-state index in [1.54, 1.807) is 6.92 Å². The van der Waals surface area contributed by atoms with Crippen LogP contribution in [0.25, 0.3) is 0 Å². The van der Waals surface area contributed by atoms with Crippen molar-refractivity contribution in [1.29, 1.82) is 0 Å². The third-order valence-electron chi connectivity index (χ3n) is 4.03.